The fraction of sp³-hybridized carbons (Fsp3) is 0.381. The molecule has 4 amide bonds. The van der Waals surface area contributed by atoms with E-state index in [0.29, 0.717) is 30.9 Å². The van der Waals surface area contributed by atoms with E-state index < -0.39 is 29.7 Å². The molecule has 4 aliphatic heterocycles. The number of fused-ring (bicyclic) bond motifs is 1. The number of carbonyl (C=O) groups excluding carboxylic acids is 4. The molecular weight excluding hydrogens is 700 g/mol. The summed E-state index contributed by atoms with van der Waals surface area (Å²) in [5, 5.41) is 5.55. The maximum atomic E-state index is 13.2. The number of nitrogens with zero attached hydrogens (tertiary/aromatic N) is 4. The first kappa shape index (κ1) is 36.2. The zero-order valence-electron chi connectivity index (χ0n) is 31.2. The third-order valence-electron chi connectivity index (χ3n) is 11.0. The van der Waals surface area contributed by atoms with Gasteiger partial charge in [-0.25, -0.2) is 9.97 Å². The first-order valence-corrected chi connectivity index (χ1v) is 18.7. The van der Waals surface area contributed by atoms with Crippen molar-refractivity contribution in [3.8, 4) is 11.5 Å². The minimum atomic E-state index is -0.992. The van der Waals surface area contributed by atoms with E-state index in [-0.39, 0.29) is 35.3 Å². The fourth-order valence-corrected chi connectivity index (χ4v) is 7.53. The van der Waals surface area contributed by atoms with E-state index >= 15 is 0 Å². The van der Waals surface area contributed by atoms with Gasteiger partial charge in [0, 0.05) is 49.3 Å². The SMILES string of the molecule is CC(CNc1ccc2c(c1)C(=O)N(C1CCC(=O)NC1=O)C2=O)COc1ccc(C(C)(C)c2ccc(OCc3ccnc(N4CC5(COC5)C4)n3)cc2)cc1. The van der Waals surface area contributed by atoms with E-state index in [9.17, 15) is 19.2 Å². The van der Waals surface area contributed by atoms with Crippen molar-refractivity contribution in [3.05, 3.63) is 107 Å². The van der Waals surface area contributed by atoms with Gasteiger partial charge in [0.2, 0.25) is 17.8 Å². The number of hydrogen-bond acceptors (Lipinski definition) is 11. The van der Waals surface area contributed by atoms with Gasteiger partial charge < -0.3 is 24.4 Å². The van der Waals surface area contributed by atoms with Gasteiger partial charge in [-0.2, -0.15) is 0 Å². The highest BCUT2D eigenvalue weighted by molar-refractivity contribution is 6.23. The molecule has 2 unspecified atom stereocenters. The molecule has 2 N–H and O–H groups in total. The lowest BCUT2D eigenvalue weighted by Gasteiger charge is -2.54. The minimum absolute atomic E-state index is 0.0782. The monoisotopic (exact) mass is 744 g/mol. The van der Waals surface area contributed by atoms with Crippen molar-refractivity contribution >= 4 is 35.3 Å². The summed E-state index contributed by atoms with van der Waals surface area (Å²) in [6, 6.07) is 22.2. The second-order valence-electron chi connectivity index (χ2n) is 15.7. The number of rotatable bonds is 13. The van der Waals surface area contributed by atoms with Crippen LogP contribution in [0.3, 0.4) is 0 Å². The largest absolute Gasteiger partial charge is 0.493 e. The topological polar surface area (TPSA) is 152 Å². The smallest absolute Gasteiger partial charge is 0.262 e. The maximum Gasteiger partial charge on any atom is 0.262 e. The van der Waals surface area contributed by atoms with E-state index in [4.69, 9.17) is 19.2 Å². The zero-order valence-corrected chi connectivity index (χ0v) is 31.2. The van der Waals surface area contributed by atoms with Gasteiger partial charge in [-0.3, -0.25) is 29.4 Å². The molecule has 3 saturated heterocycles. The third-order valence-corrected chi connectivity index (χ3v) is 11.0. The minimum Gasteiger partial charge on any atom is -0.493 e. The predicted molar refractivity (Wildman–Crippen MR) is 203 cm³/mol. The number of aromatic nitrogens is 2. The summed E-state index contributed by atoms with van der Waals surface area (Å²) in [6.45, 7) is 11.4. The molecule has 0 saturated carbocycles. The molecule has 3 fully saturated rings. The number of imide groups is 2. The highest BCUT2D eigenvalue weighted by Crippen LogP contribution is 2.39. The van der Waals surface area contributed by atoms with Crippen molar-refractivity contribution in [2.75, 3.05) is 49.7 Å². The molecule has 1 spiro atoms. The van der Waals surface area contributed by atoms with Gasteiger partial charge in [0.25, 0.3) is 11.8 Å². The number of carbonyl (C=O) groups is 4. The van der Waals surface area contributed by atoms with E-state index in [1.54, 1.807) is 24.4 Å². The molecule has 0 aliphatic carbocycles. The number of nitrogens with one attached hydrogen (secondary N) is 2. The summed E-state index contributed by atoms with van der Waals surface area (Å²) in [5.41, 5.74) is 4.37. The second-order valence-corrected chi connectivity index (χ2v) is 15.7. The molecule has 5 heterocycles. The van der Waals surface area contributed by atoms with Crippen LogP contribution in [0.2, 0.25) is 0 Å². The van der Waals surface area contributed by atoms with Crippen LogP contribution in [0.5, 0.6) is 11.5 Å². The second kappa shape index (κ2) is 14.4. The van der Waals surface area contributed by atoms with E-state index in [1.165, 1.54) is 0 Å². The molecule has 1 aromatic heterocycles. The molecule has 284 valence electrons. The number of hydrogen-bond donors (Lipinski definition) is 2. The van der Waals surface area contributed by atoms with Crippen LogP contribution in [0.25, 0.3) is 0 Å². The number of ether oxygens (including phenoxy) is 3. The van der Waals surface area contributed by atoms with Crippen molar-refractivity contribution < 1.29 is 33.4 Å². The quantitative estimate of drug-likeness (QED) is 0.183. The number of benzene rings is 3. The average molecular weight is 745 g/mol. The van der Waals surface area contributed by atoms with E-state index in [2.05, 4.69) is 65.6 Å². The van der Waals surface area contributed by atoms with Gasteiger partial charge >= 0.3 is 0 Å². The van der Waals surface area contributed by atoms with Crippen LogP contribution < -0.4 is 25.0 Å². The molecular formula is C42H44N6O7. The Morgan fingerprint density at radius 1 is 0.909 bits per heavy atom. The van der Waals surface area contributed by atoms with Crippen LogP contribution in [-0.4, -0.2) is 84.0 Å². The van der Waals surface area contributed by atoms with Crippen molar-refractivity contribution in [1.29, 1.82) is 0 Å². The molecule has 2 atom stereocenters. The van der Waals surface area contributed by atoms with Gasteiger partial charge in [0.05, 0.1) is 42.1 Å². The Morgan fingerprint density at radius 2 is 1.58 bits per heavy atom. The van der Waals surface area contributed by atoms with Crippen LogP contribution in [0.15, 0.2) is 79.0 Å². The lowest BCUT2D eigenvalue weighted by molar-refractivity contribution is -0.136. The Morgan fingerprint density at radius 3 is 2.24 bits per heavy atom. The predicted octanol–water partition coefficient (Wildman–Crippen LogP) is 4.75. The molecule has 0 bridgehead atoms. The van der Waals surface area contributed by atoms with Gasteiger partial charge in [0.15, 0.2) is 0 Å². The summed E-state index contributed by atoms with van der Waals surface area (Å²) in [6.07, 6.45) is 1.99. The Balaban J connectivity index is 0.801. The van der Waals surface area contributed by atoms with Crippen LogP contribution in [-0.2, 0) is 26.3 Å². The number of piperidine rings is 1. The summed E-state index contributed by atoms with van der Waals surface area (Å²) in [4.78, 5) is 62.4. The normalized spacial score (nSPS) is 19.4. The third kappa shape index (κ3) is 7.23. The van der Waals surface area contributed by atoms with E-state index in [1.807, 2.05) is 30.3 Å². The Kier molecular flexibility index (Phi) is 9.50. The van der Waals surface area contributed by atoms with Crippen molar-refractivity contribution in [1.82, 2.24) is 20.2 Å². The van der Waals surface area contributed by atoms with Crippen LogP contribution in [0, 0.1) is 11.3 Å². The van der Waals surface area contributed by atoms with Crippen molar-refractivity contribution in [3.63, 3.8) is 0 Å². The van der Waals surface area contributed by atoms with E-state index in [0.717, 1.165) is 65.5 Å². The Bertz CT molecular complexity index is 2120. The fourth-order valence-electron chi connectivity index (χ4n) is 7.53. The molecule has 3 aromatic carbocycles. The lowest BCUT2D eigenvalue weighted by Crippen LogP contribution is -2.66. The first-order chi connectivity index (χ1) is 26.5. The summed E-state index contributed by atoms with van der Waals surface area (Å²) >= 11 is 0. The molecule has 55 heavy (non-hydrogen) atoms. The Labute approximate surface area is 319 Å². The van der Waals surface area contributed by atoms with Gasteiger partial charge in [-0.15, -0.1) is 0 Å². The number of amides is 4. The molecule has 0 radical (unpaired) electrons. The van der Waals surface area contributed by atoms with Crippen molar-refractivity contribution in [2.24, 2.45) is 11.3 Å². The van der Waals surface area contributed by atoms with Gasteiger partial charge in [-0.05, 0) is 66.1 Å². The van der Waals surface area contributed by atoms with Crippen LogP contribution in [0.1, 0.15) is 71.1 Å². The summed E-state index contributed by atoms with van der Waals surface area (Å²) in [5.74, 6) is 0.321. The Hall–Kier alpha value is -5.82. The molecule has 8 rings (SSSR count). The van der Waals surface area contributed by atoms with Crippen LogP contribution >= 0.6 is 0 Å². The molecule has 4 aromatic rings. The number of anilines is 2. The van der Waals surface area contributed by atoms with Crippen LogP contribution in [0.4, 0.5) is 11.6 Å². The summed E-state index contributed by atoms with van der Waals surface area (Å²) < 4.78 is 17.6. The summed E-state index contributed by atoms with van der Waals surface area (Å²) in [7, 11) is 0. The average Bonchev–Trinajstić information content (AvgIpc) is 3.39. The van der Waals surface area contributed by atoms with Gasteiger partial charge in [-0.1, -0.05) is 45.0 Å². The highest BCUT2D eigenvalue weighted by Gasteiger charge is 2.50. The zero-order chi connectivity index (χ0) is 38.3. The first-order valence-electron chi connectivity index (χ1n) is 18.7. The van der Waals surface area contributed by atoms with Crippen molar-refractivity contribution in [2.45, 2.75) is 51.7 Å². The standard InChI is InChI=1S/C42H44N6O7/c1-26(19-44-29-8-13-33-34(18-29)39(52)48(38(33)51)35-14-15-36(49)46-37(35)50)20-54-31-9-4-27(5-10-31)41(2,3)28-6-11-32(12-7-28)55-21-30-16-17-43-40(45-30)47-22-42(23-47)24-53-25-42/h4-13,16-18,26,35,44H,14-15,19-25H2,1-3H3,(H,46,49,50). The maximum absolute atomic E-state index is 13.2. The lowest BCUT2D eigenvalue weighted by atomic mass is 9.78. The molecule has 13 heteroatoms. The molecule has 13 nitrogen and oxygen atoms in total. The van der Waals surface area contributed by atoms with Gasteiger partial charge in [0.1, 0.15) is 24.1 Å². The molecule has 4 aliphatic rings. The highest BCUT2D eigenvalue weighted by atomic mass is 16.5.